The van der Waals surface area contributed by atoms with Gasteiger partial charge in [0.25, 0.3) is 5.91 Å². The van der Waals surface area contributed by atoms with Crippen molar-refractivity contribution in [1.29, 1.82) is 0 Å². The van der Waals surface area contributed by atoms with E-state index in [1.807, 2.05) is 30.3 Å². The van der Waals surface area contributed by atoms with Crippen LogP contribution in [0.3, 0.4) is 0 Å². The molecular formula is C22H25N3O4. The van der Waals surface area contributed by atoms with Gasteiger partial charge < -0.3 is 20.1 Å². The molecule has 1 fully saturated rings. The predicted molar refractivity (Wildman–Crippen MR) is 110 cm³/mol. The Labute approximate surface area is 170 Å². The van der Waals surface area contributed by atoms with Crippen molar-refractivity contribution in [2.24, 2.45) is 0 Å². The lowest BCUT2D eigenvalue weighted by atomic mass is 10.1. The summed E-state index contributed by atoms with van der Waals surface area (Å²) in [6.45, 7) is 3.59. The van der Waals surface area contributed by atoms with E-state index in [1.165, 1.54) is 5.56 Å². The van der Waals surface area contributed by atoms with Gasteiger partial charge in [0.05, 0.1) is 5.69 Å². The molecule has 2 aliphatic rings. The minimum Gasteiger partial charge on any atom is -0.490 e. The van der Waals surface area contributed by atoms with Gasteiger partial charge in [0, 0.05) is 24.8 Å². The second-order valence-corrected chi connectivity index (χ2v) is 7.44. The first-order valence-corrected chi connectivity index (χ1v) is 9.86. The molecule has 0 radical (unpaired) electrons. The number of benzene rings is 2. The maximum absolute atomic E-state index is 11.7. The number of aldehydes is 1. The van der Waals surface area contributed by atoms with E-state index in [0.29, 0.717) is 11.4 Å². The van der Waals surface area contributed by atoms with Crippen molar-refractivity contribution in [3.05, 3.63) is 48.0 Å². The Morgan fingerprint density at radius 1 is 1.21 bits per heavy atom. The van der Waals surface area contributed by atoms with Gasteiger partial charge in [-0.1, -0.05) is 17.7 Å². The smallest absolute Gasteiger partial charge is 0.262 e. The fraction of sp³-hybridized carbons (Fsp3) is 0.364. The number of carbonyl (C=O) groups excluding carboxylic acids is 2. The number of aryl methyl sites for hydroxylation is 1. The minimum absolute atomic E-state index is 0.00204. The maximum atomic E-state index is 11.7. The van der Waals surface area contributed by atoms with Crippen molar-refractivity contribution in [2.75, 3.05) is 30.3 Å². The first-order chi connectivity index (χ1) is 14.1. The number of hydrogen-bond donors (Lipinski definition) is 2. The molecule has 0 saturated carbocycles. The van der Waals surface area contributed by atoms with Gasteiger partial charge in [0.2, 0.25) is 0 Å². The lowest BCUT2D eigenvalue weighted by Gasteiger charge is -2.36. The van der Waals surface area contributed by atoms with Crippen molar-refractivity contribution < 1.29 is 19.1 Å². The molecule has 29 heavy (non-hydrogen) atoms. The van der Waals surface area contributed by atoms with Crippen LogP contribution >= 0.6 is 0 Å². The molecule has 7 nitrogen and oxygen atoms in total. The van der Waals surface area contributed by atoms with Crippen molar-refractivity contribution >= 4 is 23.6 Å². The summed E-state index contributed by atoms with van der Waals surface area (Å²) in [4.78, 5) is 25.2. The van der Waals surface area contributed by atoms with Crippen LogP contribution in [-0.4, -0.2) is 49.1 Å². The molecule has 1 saturated heterocycles. The van der Waals surface area contributed by atoms with E-state index in [-0.39, 0.29) is 18.6 Å². The van der Waals surface area contributed by atoms with Gasteiger partial charge in [0.15, 0.2) is 12.9 Å². The first kappa shape index (κ1) is 19.3. The minimum atomic E-state index is -0.424. The third-order valence-corrected chi connectivity index (χ3v) is 5.25. The normalized spacial score (nSPS) is 18.2. The summed E-state index contributed by atoms with van der Waals surface area (Å²) in [7, 11) is 0. The molecule has 0 spiro atoms. The van der Waals surface area contributed by atoms with Crippen LogP contribution < -0.4 is 20.1 Å². The van der Waals surface area contributed by atoms with Gasteiger partial charge in [-0.3, -0.25) is 14.5 Å². The molecule has 4 rings (SSSR count). The summed E-state index contributed by atoms with van der Waals surface area (Å²) in [6.07, 6.45) is 2.37. The highest BCUT2D eigenvalue weighted by atomic mass is 16.5. The van der Waals surface area contributed by atoms with Crippen LogP contribution in [0.25, 0.3) is 0 Å². The van der Waals surface area contributed by atoms with E-state index in [9.17, 15) is 9.59 Å². The molecule has 0 aliphatic carbocycles. The van der Waals surface area contributed by atoms with Crippen molar-refractivity contribution in [3.8, 4) is 11.5 Å². The molecule has 7 heteroatoms. The van der Waals surface area contributed by atoms with Crippen LogP contribution in [0, 0.1) is 6.92 Å². The largest absolute Gasteiger partial charge is 0.490 e. The summed E-state index contributed by atoms with van der Waals surface area (Å²) < 4.78 is 11.5. The highest BCUT2D eigenvalue weighted by molar-refractivity contribution is 5.95. The Bertz CT molecular complexity index is 876. The van der Waals surface area contributed by atoms with E-state index >= 15 is 0 Å². The fourth-order valence-corrected chi connectivity index (χ4v) is 3.63. The summed E-state index contributed by atoms with van der Waals surface area (Å²) in [5.74, 6) is 1.32. The molecule has 0 aromatic heterocycles. The molecule has 2 aliphatic heterocycles. The van der Waals surface area contributed by atoms with E-state index in [1.54, 1.807) is 12.1 Å². The summed E-state index contributed by atoms with van der Waals surface area (Å²) >= 11 is 0. The predicted octanol–water partition coefficient (Wildman–Crippen LogP) is 2.81. The van der Waals surface area contributed by atoms with E-state index in [2.05, 4.69) is 22.5 Å². The van der Waals surface area contributed by atoms with Gasteiger partial charge >= 0.3 is 0 Å². The average Bonchev–Trinajstić information content (AvgIpc) is 2.74. The van der Waals surface area contributed by atoms with Gasteiger partial charge in [0.1, 0.15) is 23.8 Å². The van der Waals surface area contributed by atoms with Crippen LogP contribution in [0.1, 0.15) is 18.4 Å². The molecule has 2 N–H and O–H groups in total. The van der Waals surface area contributed by atoms with Crippen molar-refractivity contribution in [3.63, 3.8) is 0 Å². The number of ether oxygens (including phenoxy) is 2. The summed E-state index contributed by atoms with van der Waals surface area (Å²) in [5.41, 5.74) is 2.63. The number of piperidine rings is 1. The summed E-state index contributed by atoms with van der Waals surface area (Å²) in [5, 5.41) is 6.01. The topological polar surface area (TPSA) is 79.9 Å². The standard InChI is InChI=1S/C22H25N3O4/c1-15-2-5-17(6-3-15)29-18-8-10-25(11-9-18)21(13-26)23-16-4-7-19-20(12-16)28-14-22(27)24-19/h2-7,12-13,18,21,23H,8-11,14H2,1H3,(H,24,27). The van der Waals surface area contributed by atoms with Crippen molar-refractivity contribution in [1.82, 2.24) is 4.90 Å². The van der Waals surface area contributed by atoms with Crippen LogP contribution in [-0.2, 0) is 9.59 Å². The Balaban J connectivity index is 1.33. The molecule has 152 valence electrons. The second kappa shape index (κ2) is 8.53. The van der Waals surface area contributed by atoms with Crippen LogP contribution in [0.15, 0.2) is 42.5 Å². The molecule has 1 unspecified atom stereocenters. The lowest BCUT2D eigenvalue weighted by molar-refractivity contribution is -0.118. The Kier molecular flexibility index (Phi) is 5.67. The molecule has 1 amide bonds. The molecule has 2 aromatic carbocycles. The third kappa shape index (κ3) is 4.68. The zero-order chi connectivity index (χ0) is 20.2. The SMILES string of the molecule is Cc1ccc(OC2CCN(C(C=O)Nc3ccc4c(c3)OCC(=O)N4)CC2)cc1. The van der Waals surface area contributed by atoms with Gasteiger partial charge in [-0.05, 0) is 44.0 Å². The van der Waals surface area contributed by atoms with Crippen LogP contribution in [0.4, 0.5) is 11.4 Å². The van der Waals surface area contributed by atoms with E-state index < -0.39 is 6.17 Å². The maximum Gasteiger partial charge on any atom is 0.262 e. The average molecular weight is 395 g/mol. The number of nitrogens with zero attached hydrogens (tertiary/aromatic N) is 1. The zero-order valence-electron chi connectivity index (χ0n) is 16.4. The lowest BCUT2D eigenvalue weighted by Crippen LogP contribution is -2.48. The van der Waals surface area contributed by atoms with Gasteiger partial charge in [-0.15, -0.1) is 0 Å². The van der Waals surface area contributed by atoms with Gasteiger partial charge in [-0.25, -0.2) is 0 Å². The highest BCUT2D eigenvalue weighted by Gasteiger charge is 2.26. The van der Waals surface area contributed by atoms with Crippen molar-refractivity contribution in [2.45, 2.75) is 32.0 Å². The number of rotatable bonds is 6. The summed E-state index contributed by atoms with van der Waals surface area (Å²) in [6, 6.07) is 13.5. The molecule has 2 heterocycles. The third-order valence-electron chi connectivity index (χ3n) is 5.25. The van der Waals surface area contributed by atoms with E-state index in [0.717, 1.165) is 43.7 Å². The molecule has 0 bridgehead atoms. The number of fused-ring (bicyclic) bond motifs is 1. The second-order valence-electron chi connectivity index (χ2n) is 7.44. The zero-order valence-corrected chi connectivity index (χ0v) is 16.4. The molecule has 1 atom stereocenters. The Hall–Kier alpha value is -3.06. The van der Waals surface area contributed by atoms with Crippen LogP contribution in [0.5, 0.6) is 11.5 Å². The van der Waals surface area contributed by atoms with Crippen LogP contribution in [0.2, 0.25) is 0 Å². The monoisotopic (exact) mass is 395 g/mol. The highest BCUT2D eigenvalue weighted by Crippen LogP contribution is 2.31. The van der Waals surface area contributed by atoms with Gasteiger partial charge in [-0.2, -0.15) is 0 Å². The quantitative estimate of drug-likeness (QED) is 0.733. The Morgan fingerprint density at radius 3 is 2.69 bits per heavy atom. The number of carbonyl (C=O) groups is 2. The van der Waals surface area contributed by atoms with E-state index in [4.69, 9.17) is 9.47 Å². The number of nitrogens with one attached hydrogen (secondary N) is 2. The number of amides is 1. The Morgan fingerprint density at radius 2 is 1.97 bits per heavy atom. The number of likely N-dealkylation sites (tertiary alicyclic amines) is 1. The molecular weight excluding hydrogens is 370 g/mol. The molecule has 2 aromatic rings. The number of anilines is 2. The number of hydrogen-bond acceptors (Lipinski definition) is 6. The first-order valence-electron chi connectivity index (χ1n) is 9.86. The fourth-order valence-electron chi connectivity index (χ4n) is 3.63.